The lowest BCUT2D eigenvalue weighted by molar-refractivity contribution is -0.119. The SMILES string of the molecule is O=C1CC[C@H](/C=C(\c2ccc(C3CC3)cc2)c2ccc(C3CC3)c(=O)[nH]2)N1. The first-order valence-corrected chi connectivity index (χ1v) is 10.0. The molecule has 27 heavy (non-hydrogen) atoms. The molecule has 1 aromatic heterocycles. The predicted octanol–water partition coefficient (Wildman–Crippen LogP) is 3.84. The number of benzene rings is 1. The minimum atomic E-state index is 0.0159. The zero-order chi connectivity index (χ0) is 18.4. The third-order valence-electron chi connectivity index (χ3n) is 5.91. The number of nitrogens with one attached hydrogen (secondary N) is 2. The maximum atomic E-state index is 12.5. The number of H-pyrrole nitrogens is 1. The summed E-state index contributed by atoms with van der Waals surface area (Å²) in [5.41, 5.74) is 5.20. The molecular weight excluding hydrogens is 336 g/mol. The second kappa shape index (κ2) is 6.52. The second-order valence-corrected chi connectivity index (χ2v) is 8.12. The van der Waals surface area contributed by atoms with Gasteiger partial charge in [-0.3, -0.25) is 9.59 Å². The van der Waals surface area contributed by atoms with Crippen LogP contribution in [0.25, 0.3) is 5.57 Å². The summed E-state index contributed by atoms with van der Waals surface area (Å²) in [6.07, 6.45) is 8.25. The fourth-order valence-electron chi connectivity index (χ4n) is 4.01. The molecule has 2 heterocycles. The average molecular weight is 360 g/mol. The van der Waals surface area contributed by atoms with E-state index in [0.717, 1.165) is 47.6 Å². The van der Waals surface area contributed by atoms with E-state index in [0.29, 0.717) is 12.3 Å². The number of aromatic amines is 1. The minimum absolute atomic E-state index is 0.0159. The molecule has 1 atom stereocenters. The van der Waals surface area contributed by atoms with E-state index in [-0.39, 0.29) is 17.5 Å². The maximum absolute atomic E-state index is 12.5. The standard InChI is InChI=1S/C23H24N2O2/c26-22-12-9-18(24-22)13-20(17-5-3-15(4-6-17)14-1-2-14)21-11-10-19(16-7-8-16)23(27)25-21/h3-6,10-11,13-14,16,18H,1-2,7-9,12H2,(H,24,26)(H,25,27)/b20-13+/t18-/m1/s1. The van der Waals surface area contributed by atoms with Crippen molar-refractivity contribution in [2.24, 2.45) is 0 Å². The fourth-order valence-corrected chi connectivity index (χ4v) is 4.01. The number of aromatic nitrogens is 1. The van der Waals surface area contributed by atoms with Crippen LogP contribution in [0.3, 0.4) is 0 Å². The molecule has 3 aliphatic rings. The highest BCUT2D eigenvalue weighted by atomic mass is 16.2. The van der Waals surface area contributed by atoms with Gasteiger partial charge in [-0.05, 0) is 61.1 Å². The van der Waals surface area contributed by atoms with Gasteiger partial charge in [0, 0.05) is 29.3 Å². The van der Waals surface area contributed by atoms with Gasteiger partial charge in [0.05, 0.1) is 0 Å². The van der Waals surface area contributed by atoms with Gasteiger partial charge in [0.15, 0.2) is 0 Å². The van der Waals surface area contributed by atoms with Gasteiger partial charge in [0.1, 0.15) is 0 Å². The number of carbonyl (C=O) groups excluding carboxylic acids is 1. The zero-order valence-electron chi connectivity index (χ0n) is 15.3. The second-order valence-electron chi connectivity index (χ2n) is 8.12. The van der Waals surface area contributed by atoms with Gasteiger partial charge in [0.2, 0.25) is 5.91 Å². The van der Waals surface area contributed by atoms with E-state index < -0.39 is 0 Å². The van der Waals surface area contributed by atoms with Crippen LogP contribution < -0.4 is 10.9 Å². The molecule has 0 unspecified atom stereocenters. The molecule has 0 spiro atoms. The number of hydrogen-bond acceptors (Lipinski definition) is 2. The molecule has 1 aliphatic heterocycles. The molecule has 0 bridgehead atoms. The van der Waals surface area contributed by atoms with E-state index in [4.69, 9.17) is 0 Å². The van der Waals surface area contributed by atoms with Crippen LogP contribution in [0.15, 0.2) is 47.3 Å². The summed E-state index contributed by atoms with van der Waals surface area (Å²) in [6, 6.07) is 12.7. The van der Waals surface area contributed by atoms with Gasteiger partial charge in [-0.1, -0.05) is 36.4 Å². The van der Waals surface area contributed by atoms with Crippen molar-refractivity contribution in [3.05, 3.63) is 75.2 Å². The van der Waals surface area contributed by atoms with Crippen molar-refractivity contribution in [1.82, 2.24) is 10.3 Å². The molecule has 5 rings (SSSR count). The van der Waals surface area contributed by atoms with Gasteiger partial charge in [0.25, 0.3) is 5.56 Å². The normalized spacial score (nSPS) is 22.7. The summed E-state index contributed by atoms with van der Waals surface area (Å²) >= 11 is 0. The highest BCUT2D eigenvalue weighted by Crippen LogP contribution is 2.41. The molecule has 1 amide bonds. The van der Waals surface area contributed by atoms with E-state index in [2.05, 4.69) is 40.6 Å². The highest BCUT2D eigenvalue weighted by Gasteiger charge is 2.27. The summed E-state index contributed by atoms with van der Waals surface area (Å²) in [4.78, 5) is 27.3. The number of hydrogen-bond donors (Lipinski definition) is 2. The Morgan fingerprint density at radius 2 is 1.63 bits per heavy atom. The summed E-state index contributed by atoms with van der Waals surface area (Å²) in [6.45, 7) is 0. The molecule has 2 aromatic rings. The summed E-state index contributed by atoms with van der Waals surface area (Å²) in [7, 11) is 0. The smallest absolute Gasteiger partial charge is 0.251 e. The van der Waals surface area contributed by atoms with Gasteiger partial charge >= 0.3 is 0 Å². The fraction of sp³-hybridized carbons (Fsp3) is 0.391. The predicted molar refractivity (Wildman–Crippen MR) is 106 cm³/mol. The molecule has 4 heteroatoms. The number of rotatable bonds is 5. The molecule has 2 saturated carbocycles. The first-order chi connectivity index (χ1) is 13.2. The number of amides is 1. The minimum Gasteiger partial charge on any atom is -0.350 e. The van der Waals surface area contributed by atoms with Crippen molar-refractivity contribution in [2.45, 2.75) is 56.4 Å². The Morgan fingerprint density at radius 1 is 0.889 bits per heavy atom. The Balaban J connectivity index is 1.53. The lowest BCUT2D eigenvalue weighted by Gasteiger charge is -2.13. The molecule has 2 aliphatic carbocycles. The summed E-state index contributed by atoms with van der Waals surface area (Å²) in [5.74, 6) is 1.25. The number of pyridine rings is 1. The Kier molecular flexibility index (Phi) is 4.00. The Morgan fingerprint density at radius 3 is 2.22 bits per heavy atom. The summed E-state index contributed by atoms with van der Waals surface area (Å²) in [5, 5.41) is 3.01. The molecule has 0 radical (unpaired) electrons. The average Bonchev–Trinajstić information content (AvgIpc) is 3.59. The third-order valence-corrected chi connectivity index (χ3v) is 5.91. The van der Waals surface area contributed by atoms with Crippen LogP contribution in [-0.2, 0) is 4.79 Å². The van der Waals surface area contributed by atoms with Crippen molar-refractivity contribution in [2.75, 3.05) is 0 Å². The van der Waals surface area contributed by atoms with Gasteiger partial charge < -0.3 is 10.3 Å². The van der Waals surface area contributed by atoms with Crippen LogP contribution in [-0.4, -0.2) is 16.9 Å². The number of carbonyl (C=O) groups is 1. The van der Waals surface area contributed by atoms with Crippen LogP contribution >= 0.6 is 0 Å². The molecule has 2 N–H and O–H groups in total. The molecule has 1 aromatic carbocycles. The lowest BCUT2D eigenvalue weighted by Crippen LogP contribution is -2.23. The van der Waals surface area contributed by atoms with Crippen molar-refractivity contribution < 1.29 is 4.79 Å². The highest BCUT2D eigenvalue weighted by molar-refractivity contribution is 5.82. The third kappa shape index (κ3) is 3.48. The largest absolute Gasteiger partial charge is 0.350 e. The van der Waals surface area contributed by atoms with Crippen molar-refractivity contribution in [3.63, 3.8) is 0 Å². The van der Waals surface area contributed by atoms with E-state index >= 15 is 0 Å². The van der Waals surface area contributed by atoms with Crippen LogP contribution in [0.4, 0.5) is 0 Å². The molecule has 4 nitrogen and oxygen atoms in total. The quantitative estimate of drug-likeness (QED) is 0.851. The van der Waals surface area contributed by atoms with E-state index in [9.17, 15) is 9.59 Å². The molecule has 3 fully saturated rings. The first-order valence-electron chi connectivity index (χ1n) is 10.0. The monoisotopic (exact) mass is 360 g/mol. The molecule has 138 valence electrons. The zero-order valence-corrected chi connectivity index (χ0v) is 15.3. The van der Waals surface area contributed by atoms with Gasteiger partial charge in [-0.2, -0.15) is 0 Å². The van der Waals surface area contributed by atoms with E-state index in [1.54, 1.807) is 0 Å². The lowest BCUT2D eigenvalue weighted by atomic mass is 9.96. The maximum Gasteiger partial charge on any atom is 0.251 e. The topological polar surface area (TPSA) is 62.0 Å². The van der Waals surface area contributed by atoms with E-state index in [1.165, 1.54) is 18.4 Å². The Bertz CT molecular complexity index is 963. The first kappa shape index (κ1) is 16.5. The van der Waals surface area contributed by atoms with Crippen LogP contribution in [0, 0.1) is 0 Å². The van der Waals surface area contributed by atoms with Gasteiger partial charge in [-0.15, -0.1) is 0 Å². The van der Waals surface area contributed by atoms with Crippen LogP contribution in [0.1, 0.15) is 72.7 Å². The Labute approximate surface area is 158 Å². The summed E-state index contributed by atoms with van der Waals surface area (Å²) < 4.78 is 0. The van der Waals surface area contributed by atoms with Crippen molar-refractivity contribution in [3.8, 4) is 0 Å². The van der Waals surface area contributed by atoms with Crippen molar-refractivity contribution >= 4 is 11.5 Å². The van der Waals surface area contributed by atoms with Crippen molar-refractivity contribution in [1.29, 1.82) is 0 Å². The molecule has 1 saturated heterocycles. The Hall–Kier alpha value is -2.62. The molecular formula is C23H24N2O2. The van der Waals surface area contributed by atoms with Crippen LogP contribution in [0.2, 0.25) is 0 Å². The van der Waals surface area contributed by atoms with Crippen LogP contribution in [0.5, 0.6) is 0 Å². The van der Waals surface area contributed by atoms with E-state index in [1.807, 2.05) is 12.1 Å². The van der Waals surface area contributed by atoms with Gasteiger partial charge in [-0.25, -0.2) is 0 Å².